The van der Waals surface area contributed by atoms with E-state index in [9.17, 15) is 5.11 Å². The molecule has 2 unspecified atom stereocenters. The van der Waals surface area contributed by atoms with Gasteiger partial charge in [0.05, 0.1) is 6.10 Å². The Balaban J connectivity index is 1.96. The Hall–Kier alpha value is -0.620. The Morgan fingerprint density at radius 2 is 1.95 bits per heavy atom. The van der Waals surface area contributed by atoms with E-state index < -0.39 is 6.10 Å². The van der Waals surface area contributed by atoms with Crippen LogP contribution in [-0.2, 0) is 0 Å². The van der Waals surface area contributed by atoms with Gasteiger partial charge in [0.15, 0.2) is 0 Å². The maximum Gasteiger partial charge on any atom is 0.0963 e. The molecule has 0 aliphatic heterocycles. The second-order valence-corrected chi connectivity index (χ2v) is 7.66. The van der Waals surface area contributed by atoms with Crippen LogP contribution in [0, 0.1) is 0 Å². The Morgan fingerprint density at radius 3 is 2.62 bits per heavy atom. The minimum atomic E-state index is -0.668. The molecule has 2 nitrogen and oxygen atoms in total. The molecule has 0 aliphatic carbocycles. The summed E-state index contributed by atoms with van der Waals surface area (Å²) in [4.78, 5) is 0.915. The third kappa shape index (κ3) is 2.97. The van der Waals surface area contributed by atoms with Gasteiger partial charge in [0.1, 0.15) is 0 Å². The van der Waals surface area contributed by atoms with Crippen LogP contribution >= 0.6 is 45.9 Å². The van der Waals surface area contributed by atoms with Crippen molar-refractivity contribution in [1.82, 2.24) is 0 Å². The maximum atomic E-state index is 10.7. The molecule has 2 aromatic heterocycles. The van der Waals surface area contributed by atoms with E-state index >= 15 is 0 Å². The molecule has 0 spiro atoms. The van der Waals surface area contributed by atoms with Gasteiger partial charge in [-0.25, -0.2) is 0 Å². The van der Waals surface area contributed by atoms with Crippen molar-refractivity contribution in [1.29, 1.82) is 0 Å². The quantitative estimate of drug-likeness (QED) is 0.686. The summed E-state index contributed by atoms with van der Waals surface area (Å²) in [7, 11) is 0. The van der Waals surface area contributed by atoms with Gasteiger partial charge in [-0.2, -0.15) is 0 Å². The fraction of sp³-hybridized carbons (Fsp3) is 0.200. The van der Waals surface area contributed by atoms with Crippen molar-refractivity contribution >= 4 is 55.3 Å². The smallest absolute Gasteiger partial charge is 0.0963 e. The Morgan fingerprint density at radius 1 is 1.14 bits per heavy atom. The van der Waals surface area contributed by atoms with Crippen molar-refractivity contribution in [3.05, 3.63) is 56.2 Å². The van der Waals surface area contributed by atoms with Gasteiger partial charge in [-0.15, -0.1) is 22.7 Å². The van der Waals surface area contributed by atoms with E-state index in [2.05, 4.69) is 6.07 Å². The van der Waals surface area contributed by atoms with E-state index in [1.54, 1.807) is 34.8 Å². The molecule has 0 bridgehead atoms. The number of fused-ring (bicyclic) bond motifs is 1. The number of benzene rings is 1. The first kappa shape index (κ1) is 15.3. The number of hydrogen-bond donors (Lipinski definition) is 2. The molecule has 0 saturated heterocycles. The molecular weight excluding hydrogens is 345 g/mol. The van der Waals surface area contributed by atoms with Crippen LogP contribution in [0.2, 0.25) is 10.0 Å². The highest BCUT2D eigenvalue weighted by Gasteiger charge is 2.25. The summed E-state index contributed by atoms with van der Waals surface area (Å²) >= 11 is 15.4. The van der Waals surface area contributed by atoms with Gasteiger partial charge >= 0.3 is 0 Å². The summed E-state index contributed by atoms with van der Waals surface area (Å²) in [6, 6.07) is 9.38. The van der Waals surface area contributed by atoms with Crippen molar-refractivity contribution < 1.29 is 5.11 Å². The van der Waals surface area contributed by atoms with Crippen LogP contribution in [0.25, 0.3) is 9.40 Å². The van der Waals surface area contributed by atoms with Crippen LogP contribution < -0.4 is 5.73 Å². The normalized spacial score (nSPS) is 14.5. The zero-order valence-electron chi connectivity index (χ0n) is 10.9. The average molecular weight is 358 g/mol. The minimum absolute atomic E-state index is 0.248. The number of halogens is 2. The Kier molecular flexibility index (Phi) is 4.54. The van der Waals surface area contributed by atoms with Gasteiger partial charge in [0.2, 0.25) is 0 Å². The average Bonchev–Trinajstić information content (AvgIpc) is 3.02. The SMILES string of the molecule is NCC(c1ccc(Cl)cc1Cl)C(O)c1cc2sccc2s1. The highest BCUT2D eigenvalue weighted by Crippen LogP contribution is 2.40. The van der Waals surface area contributed by atoms with E-state index in [0.717, 1.165) is 10.4 Å². The van der Waals surface area contributed by atoms with Crippen LogP contribution in [0.5, 0.6) is 0 Å². The summed E-state index contributed by atoms with van der Waals surface area (Å²) in [5.74, 6) is -0.248. The number of aliphatic hydroxyl groups excluding tert-OH is 1. The van der Waals surface area contributed by atoms with E-state index in [1.165, 1.54) is 9.40 Å². The first-order valence-corrected chi connectivity index (χ1v) is 8.85. The topological polar surface area (TPSA) is 46.2 Å². The summed E-state index contributed by atoms with van der Waals surface area (Å²) in [5, 5.41) is 13.9. The fourth-order valence-corrected chi connectivity index (χ4v) is 5.08. The second kappa shape index (κ2) is 6.24. The molecule has 0 radical (unpaired) electrons. The van der Waals surface area contributed by atoms with Crippen molar-refractivity contribution in [3.63, 3.8) is 0 Å². The molecule has 0 aliphatic rings. The van der Waals surface area contributed by atoms with E-state index in [4.69, 9.17) is 28.9 Å². The van der Waals surface area contributed by atoms with Crippen molar-refractivity contribution in [2.75, 3.05) is 6.54 Å². The molecule has 110 valence electrons. The van der Waals surface area contributed by atoms with Gasteiger partial charge in [-0.3, -0.25) is 0 Å². The zero-order valence-corrected chi connectivity index (χ0v) is 14.1. The lowest BCUT2D eigenvalue weighted by Gasteiger charge is -2.22. The van der Waals surface area contributed by atoms with Gasteiger partial charge < -0.3 is 10.8 Å². The molecule has 21 heavy (non-hydrogen) atoms. The number of rotatable bonds is 4. The minimum Gasteiger partial charge on any atom is -0.387 e. The standard InChI is InChI=1S/C15H13Cl2NOS2/c16-8-1-2-9(11(17)5-8)10(7-18)15(19)14-6-13-12(21-14)3-4-20-13/h1-6,10,15,19H,7,18H2. The predicted molar refractivity (Wildman–Crippen MR) is 92.9 cm³/mol. The highest BCUT2D eigenvalue weighted by atomic mass is 35.5. The maximum absolute atomic E-state index is 10.7. The van der Waals surface area contributed by atoms with Gasteiger partial charge in [-0.05, 0) is 35.2 Å². The molecule has 3 N–H and O–H groups in total. The van der Waals surface area contributed by atoms with E-state index in [1.807, 2.05) is 17.5 Å². The molecular formula is C15H13Cl2NOS2. The third-order valence-corrected chi connectivity index (χ3v) is 6.17. The first-order valence-electron chi connectivity index (χ1n) is 6.40. The molecule has 0 fully saturated rings. The molecule has 2 atom stereocenters. The fourth-order valence-electron chi connectivity index (χ4n) is 2.36. The summed E-state index contributed by atoms with van der Waals surface area (Å²) < 4.78 is 2.37. The Bertz CT molecular complexity index is 739. The van der Waals surface area contributed by atoms with Crippen molar-refractivity contribution in [2.24, 2.45) is 5.73 Å². The number of thiophene rings is 2. The molecule has 0 saturated carbocycles. The van der Waals surface area contributed by atoms with Crippen LogP contribution in [0.15, 0.2) is 35.7 Å². The lowest BCUT2D eigenvalue weighted by atomic mass is 9.92. The van der Waals surface area contributed by atoms with Crippen LogP contribution in [0.1, 0.15) is 22.5 Å². The Labute approximate surface area is 140 Å². The third-order valence-electron chi connectivity index (χ3n) is 3.45. The largest absolute Gasteiger partial charge is 0.387 e. The van der Waals surface area contributed by atoms with E-state index in [-0.39, 0.29) is 5.92 Å². The van der Waals surface area contributed by atoms with E-state index in [0.29, 0.717) is 16.6 Å². The first-order chi connectivity index (χ1) is 10.1. The van der Waals surface area contributed by atoms with Crippen molar-refractivity contribution in [2.45, 2.75) is 12.0 Å². The predicted octanol–water partition coefficient (Wildman–Crippen LogP) is 5.05. The van der Waals surface area contributed by atoms with Gasteiger partial charge in [0, 0.05) is 36.8 Å². The molecule has 3 aromatic rings. The monoisotopic (exact) mass is 357 g/mol. The lowest BCUT2D eigenvalue weighted by Crippen LogP contribution is -2.20. The molecule has 1 aromatic carbocycles. The second-order valence-electron chi connectivity index (χ2n) is 4.75. The van der Waals surface area contributed by atoms with Crippen LogP contribution in [0.4, 0.5) is 0 Å². The number of hydrogen-bond acceptors (Lipinski definition) is 4. The highest BCUT2D eigenvalue weighted by molar-refractivity contribution is 7.26. The lowest BCUT2D eigenvalue weighted by molar-refractivity contribution is 0.151. The summed E-state index contributed by atoms with van der Waals surface area (Å²) in [5.41, 5.74) is 6.70. The molecule has 6 heteroatoms. The zero-order chi connectivity index (χ0) is 15.0. The number of nitrogens with two attached hydrogens (primary N) is 1. The summed E-state index contributed by atoms with van der Waals surface area (Å²) in [6.45, 7) is 0.314. The van der Waals surface area contributed by atoms with Crippen LogP contribution in [0.3, 0.4) is 0 Å². The van der Waals surface area contributed by atoms with Crippen molar-refractivity contribution in [3.8, 4) is 0 Å². The summed E-state index contributed by atoms with van der Waals surface area (Å²) in [6.07, 6.45) is -0.668. The number of aliphatic hydroxyl groups is 1. The van der Waals surface area contributed by atoms with Crippen LogP contribution in [-0.4, -0.2) is 11.7 Å². The van der Waals surface area contributed by atoms with Gasteiger partial charge in [-0.1, -0.05) is 29.3 Å². The molecule has 0 amide bonds. The van der Waals surface area contributed by atoms with Gasteiger partial charge in [0.25, 0.3) is 0 Å². The molecule has 2 heterocycles. The molecule has 3 rings (SSSR count).